The molecule has 1 atom stereocenters. The van der Waals surface area contributed by atoms with Gasteiger partial charge in [0.25, 0.3) is 0 Å². The highest BCUT2D eigenvalue weighted by Gasteiger charge is 2.26. The topological polar surface area (TPSA) is 0 Å². The van der Waals surface area contributed by atoms with Crippen molar-refractivity contribution >= 4 is 0 Å². The molecule has 0 heteroatoms. The van der Waals surface area contributed by atoms with E-state index in [-0.39, 0.29) is 0 Å². The van der Waals surface area contributed by atoms with Crippen LogP contribution in [0.2, 0.25) is 0 Å². The molecule has 0 heterocycles. The van der Waals surface area contributed by atoms with Crippen molar-refractivity contribution in [1.29, 1.82) is 0 Å². The molecular formula is C21H34. The Morgan fingerprint density at radius 3 is 2.52 bits per heavy atom. The SMILES string of the molecule is C/C=C(\C)C[C@H](C)/C=C(C)/C=C/C1=C(C)CCCC1(C)C. The summed E-state index contributed by atoms with van der Waals surface area (Å²) in [5.41, 5.74) is 6.33. The van der Waals surface area contributed by atoms with Crippen molar-refractivity contribution in [3.63, 3.8) is 0 Å². The molecule has 1 rings (SSSR count). The maximum absolute atomic E-state index is 2.40. The van der Waals surface area contributed by atoms with E-state index in [4.69, 9.17) is 0 Å². The third kappa shape index (κ3) is 5.69. The third-order valence-electron chi connectivity index (χ3n) is 4.74. The summed E-state index contributed by atoms with van der Waals surface area (Å²) < 4.78 is 0. The Balaban J connectivity index is 2.79. The normalized spacial score (nSPS) is 22.0. The molecule has 1 aliphatic rings. The number of rotatable bonds is 5. The first-order valence-corrected chi connectivity index (χ1v) is 8.44. The Morgan fingerprint density at radius 2 is 1.95 bits per heavy atom. The number of hydrogen-bond donors (Lipinski definition) is 0. The molecule has 0 aromatic heterocycles. The Hall–Kier alpha value is -1.04. The predicted octanol–water partition coefficient (Wildman–Crippen LogP) is 7.01. The molecule has 0 aromatic carbocycles. The zero-order chi connectivity index (χ0) is 16.0. The molecule has 118 valence electrons. The molecule has 0 saturated carbocycles. The average molecular weight is 287 g/mol. The van der Waals surface area contributed by atoms with Gasteiger partial charge >= 0.3 is 0 Å². The quantitative estimate of drug-likeness (QED) is 0.377. The molecule has 0 unspecified atom stereocenters. The van der Waals surface area contributed by atoms with Crippen molar-refractivity contribution in [2.45, 2.75) is 74.1 Å². The van der Waals surface area contributed by atoms with E-state index in [0.717, 1.165) is 6.42 Å². The van der Waals surface area contributed by atoms with Crippen LogP contribution in [0.3, 0.4) is 0 Å². The van der Waals surface area contributed by atoms with Crippen molar-refractivity contribution in [2.75, 3.05) is 0 Å². The molecular weight excluding hydrogens is 252 g/mol. The molecule has 1 aliphatic carbocycles. The molecule has 0 amide bonds. The smallest absolute Gasteiger partial charge is 0.0104 e. The van der Waals surface area contributed by atoms with Gasteiger partial charge in [-0.15, -0.1) is 0 Å². The van der Waals surface area contributed by atoms with Gasteiger partial charge in [-0.3, -0.25) is 0 Å². The first-order chi connectivity index (χ1) is 9.76. The number of allylic oxidation sites excluding steroid dienone is 8. The van der Waals surface area contributed by atoms with E-state index in [2.05, 4.69) is 72.8 Å². The molecule has 0 N–H and O–H groups in total. The van der Waals surface area contributed by atoms with E-state index in [0.29, 0.717) is 11.3 Å². The van der Waals surface area contributed by atoms with Gasteiger partial charge in [0, 0.05) is 0 Å². The first-order valence-electron chi connectivity index (χ1n) is 8.44. The highest BCUT2D eigenvalue weighted by molar-refractivity contribution is 5.36. The molecule has 0 spiro atoms. The molecule has 0 aliphatic heterocycles. The fourth-order valence-corrected chi connectivity index (χ4v) is 3.41. The van der Waals surface area contributed by atoms with Crippen LogP contribution in [0, 0.1) is 11.3 Å². The summed E-state index contributed by atoms with van der Waals surface area (Å²) in [4.78, 5) is 0. The second kappa shape index (κ2) is 7.82. The largest absolute Gasteiger partial charge is 0.0887 e. The van der Waals surface area contributed by atoms with Gasteiger partial charge in [0.15, 0.2) is 0 Å². The van der Waals surface area contributed by atoms with E-state index in [9.17, 15) is 0 Å². The van der Waals surface area contributed by atoms with Crippen LogP contribution in [0.15, 0.2) is 46.6 Å². The minimum absolute atomic E-state index is 0.340. The van der Waals surface area contributed by atoms with Crippen molar-refractivity contribution in [2.24, 2.45) is 11.3 Å². The van der Waals surface area contributed by atoms with Crippen molar-refractivity contribution < 1.29 is 0 Å². The van der Waals surface area contributed by atoms with Gasteiger partial charge in [-0.1, -0.05) is 61.8 Å². The van der Waals surface area contributed by atoms with Gasteiger partial charge < -0.3 is 0 Å². The Kier molecular flexibility index (Phi) is 6.71. The van der Waals surface area contributed by atoms with E-state index >= 15 is 0 Å². The van der Waals surface area contributed by atoms with Crippen LogP contribution in [0.25, 0.3) is 0 Å². The second-order valence-corrected chi connectivity index (χ2v) is 7.49. The maximum atomic E-state index is 2.40. The van der Waals surface area contributed by atoms with Crippen LogP contribution in [-0.4, -0.2) is 0 Å². The fourth-order valence-electron chi connectivity index (χ4n) is 3.41. The summed E-state index contributed by atoms with van der Waals surface area (Å²) in [5, 5.41) is 0. The lowest BCUT2D eigenvalue weighted by atomic mass is 9.72. The maximum Gasteiger partial charge on any atom is -0.0104 e. The van der Waals surface area contributed by atoms with E-state index in [1.807, 2.05) is 0 Å². The molecule has 0 bridgehead atoms. The summed E-state index contributed by atoms with van der Waals surface area (Å²) in [6.07, 6.45) is 14.4. The van der Waals surface area contributed by atoms with Gasteiger partial charge in [-0.2, -0.15) is 0 Å². The molecule has 0 fully saturated rings. The lowest BCUT2D eigenvalue weighted by Crippen LogP contribution is -2.19. The van der Waals surface area contributed by atoms with E-state index in [1.165, 1.54) is 30.4 Å². The summed E-state index contributed by atoms with van der Waals surface area (Å²) in [6, 6.07) is 0. The minimum Gasteiger partial charge on any atom is -0.0887 e. The third-order valence-corrected chi connectivity index (χ3v) is 4.74. The zero-order valence-electron chi connectivity index (χ0n) is 15.2. The zero-order valence-corrected chi connectivity index (χ0v) is 15.2. The monoisotopic (exact) mass is 286 g/mol. The van der Waals surface area contributed by atoms with Crippen LogP contribution in [0.5, 0.6) is 0 Å². The molecule has 21 heavy (non-hydrogen) atoms. The fraction of sp³-hybridized carbons (Fsp3) is 0.619. The average Bonchev–Trinajstić information content (AvgIpc) is 2.36. The van der Waals surface area contributed by atoms with Gasteiger partial charge in [-0.05, 0) is 70.3 Å². The molecule has 0 aromatic rings. The molecule has 0 nitrogen and oxygen atoms in total. The summed E-state index contributed by atoms with van der Waals surface area (Å²) in [6.45, 7) is 15.9. The van der Waals surface area contributed by atoms with Gasteiger partial charge in [-0.25, -0.2) is 0 Å². The Bertz CT molecular complexity index is 466. The van der Waals surface area contributed by atoms with E-state index in [1.54, 1.807) is 11.1 Å². The standard InChI is InChI=1S/C21H34/c1-8-16(2)14-18(4)15-17(3)11-12-20-19(5)10-9-13-21(20,6)7/h8,11-12,15,18H,9-10,13-14H2,1-7H3/b12-11+,16-8+,17-15+/t18-/m0/s1. The summed E-state index contributed by atoms with van der Waals surface area (Å²) >= 11 is 0. The number of hydrogen-bond acceptors (Lipinski definition) is 0. The molecule has 0 saturated heterocycles. The van der Waals surface area contributed by atoms with E-state index < -0.39 is 0 Å². The van der Waals surface area contributed by atoms with Crippen molar-refractivity contribution in [3.8, 4) is 0 Å². The van der Waals surface area contributed by atoms with Gasteiger partial charge in [0.05, 0.1) is 0 Å². The minimum atomic E-state index is 0.340. The highest BCUT2D eigenvalue weighted by atomic mass is 14.3. The second-order valence-electron chi connectivity index (χ2n) is 7.49. The van der Waals surface area contributed by atoms with Gasteiger partial charge in [0.2, 0.25) is 0 Å². The van der Waals surface area contributed by atoms with Crippen molar-refractivity contribution in [1.82, 2.24) is 0 Å². The van der Waals surface area contributed by atoms with Crippen LogP contribution in [0.1, 0.15) is 74.1 Å². The predicted molar refractivity (Wildman–Crippen MR) is 96.4 cm³/mol. The van der Waals surface area contributed by atoms with Gasteiger partial charge in [0.1, 0.15) is 0 Å². The van der Waals surface area contributed by atoms with Crippen LogP contribution < -0.4 is 0 Å². The lowest BCUT2D eigenvalue weighted by molar-refractivity contribution is 0.377. The Labute approximate surface area is 132 Å². The summed E-state index contributed by atoms with van der Waals surface area (Å²) in [7, 11) is 0. The Morgan fingerprint density at radius 1 is 1.29 bits per heavy atom. The van der Waals surface area contributed by atoms with Crippen LogP contribution in [0.4, 0.5) is 0 Å². The molecule has 0 radical (unpaired) electrons. The van der Waals surface area contributed by atoms with Crippen LogP contribution in [-0.2, 0) is 0 Å². The highest BCUT2D eigenvalue weighted by Crippen LogP contribution is 2.40. The summed E-state index contributed by atoms with van der Waals surface area (Å²) in [5.74, 6) is 0.611. The van der Waals surface area contributed by atoms with Crippen molar-refractivity contribution in [3.05, 3.63) is 46.6 Å². The first kappa shape index (κ1) is 18.0. The van der Waals surface area contributed by atoms with Crippen LogP contribution >= 0.6 is 0 Å². The lowest BCUT2D eigenvalue weighted by Gasteiger charge is -2.33.